The predicted octanol–water partition coefficient (Wildman–Crippen LogP) is 1.26. The summed E-state index contributed by atoms with van der Waals surface area (Å²) in [5.41, 5.74) is 0. The van der Waals surface area contributed by atoms with Crippen LogP contribution in [-0.2, 0) is 4.79 Å². The number of carbonyl (C=O) groups is 1. The molecule has 0 saturated heterocycles. The number of aliphatic hydroxyl groups is 1. The van der Waals surface area contributed by atoms with Crippen LogP contribution >= 0.6 is 0 Å². The van der Waals surface area contributed by atoms with Gasteiger partial charge in [0, 0.05) is 13.0 Å². The fraction of sp³-hybridized carbons (Fsp3) is 0.875. The van der Waals surface area contributed by atoms with E-state index in [-0.39, 0.29) is 18.9 Å². The fourth-order valence-corrected chi connectivity index (χ4v) is 1.08. The molecule has 0 heterocycles. The standard InChI is InChI=1S/C8H16O3/c1-2-7(4-3-5-9)6-8(10)11/h7,9H,2-6H2,1H3,(H,10,11). The first-order valence-corrected chi connectivity index (χ1v) is 4.03. The molecule has 1 atom stereocenters. The molecule has 0 amide bonds. The highest BCUT2D eigenvalue weighted by Crippen LogP contribution is 2.14. The summed E-state index contributed by atoms with van der Waals surface area (Å²) in [7, 11) is 0. The summed E-state index contributed by atoms with van der Waals surface area (Å²) in [5.74, 6) is -0.505. The van der Waals surface area contributed by atoms with E-state index in [0.717, 1.165) is 12.8 Å². The monoisotopic (exact) mass is 160 g/mol. The SMILES string of the molecule is CCC(CCCO)CC(=O)O. The lowest BCUT2D eigenvalue weighted by Crippen LogP contribution is -2.07. The van der Waals surface area contributed by atoms with E-state index in [1.54, 1.807) is 0 Å². The van der Waals surface area contributed by atoms with Crippen molar-refractivity contribution < 1.29 is 15.0 Å². The zero-order valence-electron chi connectivity index (χ0n) is 6.92. The van der Waals surface area contributed by atoms with Crippen LogP contribution in [0.2, 0.25) is 0 Å². The quantitative estimate of drug-likeness (QED) is 0.615. The number of carboxylic acids is 1. The second kappa shape index (κ2) is 6.16. The number of hydrogen-bond donors (Lipinski definition) is 2. The van der Waals surface area contributed by atoms with Gasteiger partial charge in [0.1, 0.15) is 0 Å². The normalized spacial score (nSPS) is 12.9. The van der Waals surface area contributed by atoms with Gasteiger partial charge in [-0.2, -0.15) is 0 Å². The second-order valence-corrected chi connectivity index (χ2v) is 2.74. The first-order valence-electron chi connectivity index (χ1n) is 4.03. The van der Waals surface area contributed by atoms with Crippen molar-refractivity contribution in [2.24, 2.45) is 5.92 Å². The molecule has 0 bridgehead atoms. The van der Waals surface area contributed by atoms with Crippen LogP contribution < -0.4 is 0 Å². The lowest BCUT2D eigenvalue weighted by molar-refractivity contribution is -0.138. The van der Waals surface area contributed by atoms with Crippen molar-refractivity contribution in [2.75, 3.05) is 6.61 Å². The van der Waals surface area contributed by atoms with Gasteiger partial charge in [0.05, 0.1) is 0 Å². The molecule has 0 fully saturated rings. The minimum atomic E-state index is -0.741. The smallest absolute Gasteiger partial charge is 0.303 e. The molecule has 1 unspecified atom stereocenters. The minimum Gasteiger partial charge on any atom is -0.481 e. The lowest BCUT2D eigenvalue weighted by atomic mass is 9.97. The van der Waals surface area contributed by atoms with Crippen molar-refractivity contribution >= 4 is 5.97 Å². The molecule has 0 rings (SSSR count). The molecule has 0 aromatic carbocycles. The Labute approximate surface area is 67.0 Å². The van der Waals surface area contributed by atoms with Crippen LogP contribution in [0.15, 0.2) is 0 Å². The lowest BCUT2D eigenvalue weighted by Gasteiger charge is -2.09. The average molecular weight is 160 g/mol. The van der Waals surface area contributed by atoms with Gasteiger partial charge in [-0.05, 0) is 18.8 Å². The third-order valence-corrected chi connectivity index (χ3v) is 1.81. The summed E-state index contributed by atoms with van der Waals surface area (Å²) in [6.07, 6.45) is 2.65. The highest BCUT2D eigenvalue weighted by molar-refractivity contribution is 5.66. The van der Waals surface area contributed by atoms with E-state index >= 15 is 0 Å². The summed E-state index contributed by atoms with van der Waals surface area (Å²) >= 11 is 0. The number of aliphatic hydroxyl groups excluding tert-OH is 1. The zero-order valence-corrected chi connectivity index (χ0v) is 6.92. The number of rotatable bonds is 6. The first kappa shape index (κ1) is 10.4. The summed E-state index contributed by atoms with van der Waals surface area (Å²) < 4.78 is 0. The van der Waals surface area contributed by atoms with Crippen molar-refractivity contribution in [3.63, 3.8) is 0 Å². The van der Waals surface area contributed by atoms with Crippen LogP contribution in [0.5, 0.6) is 0 Å². The van der Waals surface area contributed by atoms with Crippen molar-refractivity contribution in [1.82, 2.24) is 0 Å². The van der Waals surface area contributed by atoms with Crippen LogP contribution in [0.4, 0.5) is 0 Å². The molecule has 0 spiro atoms. The topological polar surface area (TPSA) is 57.5 Å². The number of hydrogen-bond acceptors (Lipinski definition) is 2. The van der Waals surface area contributed by atoms with Crippen molar-refractivity contribution in [3.8, 4) is 0 Å². The molecule has 2 N–H and O–H groups in total. The Hall–Kier alpha value is -0.570. The third kappa shape index (κ3) is 5.85. The van der Waals surface area contributed by atoms with Gasteiger partial charge >= 0.3 is 5.97 Å². The largest absolute Gasteiger partial charge is 0.481 e. The third-order valence-electron chi connectivity index (χ3n) is 1.81. The Bertz CT molecular complexity index is 112. The fourth-order valence-electron chi connectivity index (χ4n) is 1.08. The molecule has 0 aliphatic rings. The van der Waals surface area contributed by atoms with Gasteiger partial charge in [-0.15, -0.1) is 0 Å². The van der Waals surface area contributed by atoms with Crippen molar-refractivity contribution in [2.45, 2.75) is 32.6 Å². The number of aliphatic carboxylic acids is 1. The molecule has 0 aromatic rings. The van der Waals surface area contributed by atoms with Crippen molar-refractivity contribution in [3.05, 3.63) is 0 Å². The highest BCUT2D eigenvalue weighted by atomic mass is 16.4. The Morgan fingerprint density at radius 2 is 2.18 bits per heavy atom. The molecular formula is C8H16O3. The van der Waals surface area contributed by atoms with E-state index < -0.39 is 5.97 Å². The van der Waals surface area contributed by atoms with Gasteiger partial charge < -0.3 is 10.2 Å². The summed E-state index contributed by atoms with van der Waals surface area (Å²) in [5, 5.41) is 16.9. The van der Waals surface area contributed by atoms with Gasteiger partial charge in [0.15, 0.2) is 0 Å². The first-order chi connectivity index (χ1) is 5.20. The molecule has 0 saturated carbocycles. The molecule has 3 nitrogen and oxygen atoms in total. The molecule has 3 heteroatoms. The Kier molecular flexibility index (Phi) is 5.84. The van der Waals surface area contributed by atoms with Crippen LogP contribution in [0.25, 0.3) is 0 Å². The van der Waals surface area contributed by atoms with E-state index in [4.69, 9.17) is 10.2 Å². The summed E-state index contributed by atoms with van der Waals surface area (Å²) in [4.78, 5) is 10.3. The van der Waals surface area contributed by atoms with Gasteiger partial charge in [0.25, 0.3) is 0 Å². The van der Waals surface area contributed by atoms with E-state index in [9.17, 15) is 4.79 Å². The molecule has 0 aliphatic carbocycles. The molecule has 66 valence electrons. The Morgan fingerprint density at radius 1 is 1.55 bits per heavy atom. The van der Waals surface area contributed by atoms with E-state index in [1.807, 2.05) is 6.92 Å². The van der Waals surface area contributed by atoms with Gasteiger partial charge in [-0.1, -0.05) is 13.3 Å². The van der Waals surface area contributed by atoms with Crippen LogP contribution in [0.3, 0.4) is 0 Å². The molecule has 0 aromatic heterocycles. The zero-order chi connectivity index (χ0) is 8.69. The van der Waals surface area contributed by atoms with Crippen LogP contribution in [-0.4, -0.2) is 22.8 Å². The van der Waals surface area contributed by atoms with Gasteiger partial charge in [-0.25, -0.2) is 0 Å². The van der Waals surface area contributed by atoms with Crippen molar-refractivity contribution in [1.29, 1.82) is 0 Å². The average Bonchev–Trinajstić information content (AvgIpc) is 1.97. The summed E-state index contributed by atoms with van der Waals surface area (Å²) in [6.45, 7) is 2.14. The molecular weight excluding hydrogens is 144 g/mol. The maximum atomic E-state index is 10.3. The molecule has 0 radical (unpaired) electrons. The molecule has 11 heavy (non-hydrogen) atoms. The number of carboxylic acid groups (broad SMARTS) is 1. The van der Waals surface area contributed by atoms with E-state index in [2.05, 4.69) is 0 Å². The Morgan fingerprint density at radius 3 is 2.55 bits per heavy atom. The van der Waals surface area contributed by atoms with Gasteiger partial charge in [0.2, 0.25) is 0 Å². The van der Waals surface area contributed by atoms with E-state index in [1.165, 1.54) is 0 Å². The maximum absolute atomic E-state index is 10.3. The highest BCUT2D eigenvalue weighted by Gasteiger charge is 2.09. The maximum Gasteiger partial charge on any atom is 0.303 e. The Balaban J connectivity index is 3.49. The van der Waals surface area contributed by atoms with Crippen LogP contribution in [0.1, 0.15) is 32.6 Å². The minimum absolute atomic E-state index is 0.163. The predicted molar refractivity (Wildman–Crippen MR) is 42.4 cm³/mol. The van der Waals surface area contributed by atoms with E-state index in [0.29, 0.717) is 6.42 Å². The van der Waals surface area contributed by atoms with Gasteiger partial charge in [-0.3, -0.25) is 4.79 Å². The van der Waals surface area contributed by atoms with Crippen LogP contribution in [0, 0.1) is 5.92 Å². The summed E-state index contributed by atoms with van der Waals surface area (Å²) in [6, 6.07) is 0. The molecule has 0 aliphatic heterocycles. The second-order valence-electron chi connectivity index (χ2n) is 2.74.